The lowest BCUT2D eigenvalue weighted by Crippen LogP contribution is -2.40. The Kier molecular flexibility index (Phi) is 7.44. The third-order valence-corrected chi connectivity index (χ3v) is 4.09. The average Bonchev–Trinajstić information content (AvgIpc) is 2.53. The number of Topliss-reactive ketones (excluding diaryl/α,β-unsaturated/α-hetero) is 1. The van der Waals surface area contributed by atoms with Crippen molar-refractivity contribution in [3.8, 4) is 5.75 Å². The summed E-state index contributed by atoms with van der Waals surface area (Å²) in [4.78, 5) is 46.6. The molecule has 1 aromatic rings. The fourth-order valence-electron chi connectivity index (χ4n) is 1.86. The predicted octanol–water partition coefficient (Wildman–Crippen LogP) is 1.51. The molecular weight excluding hydrogens is 334 g/mol. The maximum absolute atomic E-state index is 12.5. The summed E-state index contributed by atoms with van der Waals surface area (Å²) in [5, 5.41) is 9.84. The van der Waals surface area contributed by atoms with Gasteiger partial charge in [-0.1, -0.05) is 11.8 Å². The van der Waals surface area contributed by atoms with Gasteiger partial charge in [0.05, 0.1) is 12.4 Å². The molecule has 1 amide bonds. The van der Waals surface area contributed by atoms with E-state index in [9.17, 15) is 19.2 Å². The molecule has 1 unspecified atom stereocenters. The van der Waals surface area contributed by atoms with Crippen LogP contribution >= 0.6 is 11.8 Å². The minimum absolute atomic E-state index is 0.285. The number of hydrogen-bond acceptors (Lipinski definition) is 6. The van der Waals surface area contributed by atoms with Gasteiger partial charge in [0.2, 0.25) is 5.91 Å². The topological polar surface area (TPSA) is 110 Å². The fourth-order valence-corrected chi connectivity index (χ4v) is 2.74. The summed E-state index contributed by atoms with van der Waals surface area (Å²) in [5.41, 5.74) is 0.341. The molecule has 1 rings (SSSR count). The van der Waals surface area contributed by atoms with E-state index in [0.717, 1.165) is 11.8 Å². The summed E-state index contributed by atoms with van der Waals surface area (Å²) in [6.45, 7) is 2.62. The van der Waals surface area contributed by atoms with Crippen molar-refractivity contribution in [3.63, 3.8) is 0 Å². The highest BCUT2D eigenvalue weighted by molar-refractivity contribution is 8.14. The number of amides is 1. The van der Waals surface area contributed by atoms with Crippen LogP contribution in [0.2, 0.25) is 0 Å². The Bertz CT molecular complexity index is 628. The highest BCUT2D eigenvalue weighted by Crippen LogP contribution is 2.22. The van der Waals surface area contributed by atoms with Crippen molar-refractivity contribution in [2.75, 3.05) is 7.11 Å². The molecule has 2 N–H and O–H groups in total. The number of nitrogens with one attached hydrogen (secondary N) is 1. The van der Waals surface area contributed by atoms with Gasteiger partial charge in [-0.3, -0.25) is 19.2 Å². The van der Waals surface area contributed by atoms with Crippen LogP contribution in [0.5, 0.6) is 5.75 Å². The van der Waals surface area contributed by atoms with E-state index in [1.54, 1.807) is 24.3 Å². The number of ether oxygens (including phenoxy) is 1. The van der Waals surface area contributed by atoms with Crippen molar-refractivity contribution in [2.45, 2.75) is 31.6 Å². The highest BCUT2D eigenvalue weighted by atomic mass is 32.2. The molecule has 0 radical (unpaired) electrons. The van der Waals surface area contributed by atoms with E-state index in [2.05, 4.69) is 5.32 Å². The second kappa shape index (κ2) is 9.07. The minimum Gasteiger partial charge on any atom is -0.497 e. The summed E-state index contributed by atoms with van der Waals surface area (Å²) in [5.74, 6) is -1.59. The van der Waals surface area contributed by atoms with E-state index in [1.165, 1.54) is 21.0 Å². The number of carboxylic acids is 1. The number of hydrogen-bond donors (Lipinski definition) is 2. The molecule has 0 spiro atoms. The normalized spacial score (nSPS) is 12.8. The fraction of sp³-hybridized carbons (Fsp3) is 0.375. The lowest BCUT2D eigenvalue weighted by molar-refractivity contribution is -0.141. The van der Waals surface area contributed by atoms with Gasteiger partial charge in [0.15, 0.2) is 10.9 Å². The van der Waals surface area contributed by atoms with Crippen LogP contribution in [0.3, 0.4) is 0 Å². The summed E-state index contributed by atoms with van der Waals surface area (Å²) >= 11 is 0.748. The molecule has 0 saturated carbocycles. The predicted molar refractivity (Wildman–Crippen MR) is 89.2 cm³/mol. The van der Waals surface area contributed by atoms with E-state index in [0.29, 0.717) is 11.3 Å². The zero-order valence-electron chi connectivity index (χ0n) is 13.6. The number of benzene rings is 1. The number of rotatable bonds is 8. The first kappa shape index (κ1) is 19.7. The van der Waals surface area contributed by atoms with Crippen molar-refractivity contribution < 1.29 is 29.0 Å². The lowest BCUT2D eigenvalue weighted by atomic mass is 10.1. The molecule has 0 bridgehead atoms. The van der Waals surface area contributed by atoms with Crippen LogP contribution in [0.15, 0.2) is 24.3 Å². The number of aliphatic carboxylic acids is 1. The van der Waals surface area contributed by atoms with Crippen LogP contribution in [0.25, 0.3) is 0 Å². The lowest BCUT2D eigenvalue weighted by Gasteiger charge is -2.15. The molecule has 2 atom stereocenters. The molecule has 1 aromatic carbocycles. The number of thioether (sulfide) groups is 1. The second-order valence-electron chi connectivity index (χ2n) is 5.02. The average molecular weight is 353 g/mol. The van der Waals surface area contributed by atoms with Crippen molar-refractivity contribution in [3.05, 3.63) is 29.8 Å². The van der Waals surface area contributed by atoms with E-state index in [4.69, 9.17) is 9.84 Å². The molecule has 0 aliphatic rings. The third kappa shape index (κ3) is 6.04. The van der Waals surface area contributed by atoms with Crippen LogP contribution in [0.1, 0.15) is 30.6 Å². The van der Waals surface area contributed by atoms with Gasteiger partial charge in [-0.05, 0) is 31.2 Å². The van der Waals surface area contributed by atoms with Crippen molar-refractivity contribution >= 4 is 34.5 Å². The van der Waals surface area contributed by atoms with Crippen LogP contribution < -0.4 is 10.1 Å². The molecule has 24 heavy (non-hydrogen) atoms. The van der Waals surface area contributed by atoms with Gasteiger partial charge in [0.25, 0.3) is 0 Å². The second-order valence-corrected chi connectivity index (χ2v) is 6.40. The van der Waals surface area contributed by atoms with Gasteiger partial charge >= 0.3 is 5.97 Å². The molecule has 8 heteroatoms. The largest absolute Gasteiger partial charge is 0.497 e. The van der Waals surface area contributed by atoms with Gasteiger partial charge in [-0.25, -0.2) is 0 Å². The van der Waals surface area contributed by atoms with E-state index in [-0.39, 0.29) is 17.3 Å². The van der Waals surface area contributed by atoms with Crippen molar-refractivity contribution in [2.24, 2.45) is 0 Å². The summed E-state index contributed by atoms with van der Waals surface area (Å²) in [7, 11) is 1.50. The number of ketones is 1. The molecule has 0 heterocycles. The summed E-state index contributed by atoms with van der Waals surface area (Å²) in [6, 6.07) is 5.24. The Labute approximate surface area is 143 Å². The quantitative estimate of drug-likeness (QED) is 0.682. The van der Waals surface area contributed by atoms with Gasteiger partial charge in [-0.2, -0.15) is 0 Å². The molecule has 0 aliphatic carbocycles. The highest BCUT2D eigenvalue weighted by Gasteiger charge is 2.26. The van der Waals surface area contributed by atoms with Crippen LogP contribution in [0.4, 0.5) is 0 Å². The minimum atomic E-state index is -1.18. The number of carboxylic acid groups (broad SMARTS) is 1. The zero-order valence-corrected chi connectivity index (χ0v) is 14.4. The first-order chi connectivity index (χ1) is 11.2. The maximum atomic E-state index is 12.5. The number of methoxy groups -OCH3 is 1. The smallest absolute Gasteiger partial charge is 0.325 e. The first-order valence-electron chi connectivity index (χ1n) is 7.12. The summed E-state index contributed by atoms with van der Waals surface area (Å²) in [6.07, 6.45) is -0.285. The Hall–Kier alpha value is -2.35. The van der Waals surface area contributed by atoms with Crippen molar-refractivity contribution in [1.29, 1.82) is 0 Å². The van der Waals surface area contributed by atoms with Gasteiger partial charge < -0.3 is 15.2 Å². The Morgan fingerprint density at radius 2 is 1.79 bits per heavy atom. The van der Waals surface area contributed by atoms with E-state index in [1.807, 2.05) is 0 Å². The maximum Gasteiger partial charge on any atom is 0.325 e. The van der Waals surface area contributed by atoms with Crippen LogP contribution in [-0.4, -0.2) is 46.3 Å². The van der Waals surface area contributed by atoms with E-state index >= 15 is 0 Å². The summed E-state index contributed by atoms with van der Waals surface area (Å²) < 4.78 is 5.01. The molecule has 7 nitrogen and oxygen atoms in total. The van der Waals surface area contributed by atoms with Gasteiger partial charge in [0, 0.05) is 18.9 Å². The molecule has 0 saturated heterocycles. The molecule has 0 aromatic heterocycles. The molecule has 0 aliphatic heterocycles. The first-order valence-corrected chi connectivity index (χ1v) is 8.00. The Balaban J connectivity index is 2.86. The zero-order chi connectivity index (χ0) is 18.3. The molecule has 130 valence electrons. The van der Waals surface area contributed by atoms with Crippen LogP contribution in [0, 0.1) is 0 Å². The standard InChI is InChI=1S/C16H19NO6S/c1-9(16(21)22)17-14(19)8-13(24-10(2)18)15(20)11-4-6-12(23-3)7-5-11/h4-7,9,13H,8H2,1-3H3,(H,17,19)(H,21,22)/t9-,13?/m0/s1. The van der Waals surface area contributed by atoms with Crippen molar-refractivity contribution in [1.82, 2.24) is 5.32 Å². The molecular formula is C16H19NO6S. The van der Waals surface area contributed by atoms with Crippen LogP contribution in [-0.2, 0) is 14.4 Å². The Morgan fingerprint density at radius 3 is 2.25 bits per heavy atom. The monoisotopic (exact) mass is 353 g/mol. The number of carbonyl (C=O) groups is 4. The van der Waals surface area contributed by atoms with Gasteiger partial charge in [-0.15, -0.1) is 0 Å². The SMILES string of the molecule is COc1ccc(C(=O)C(CC(=O)N[C@@H](C)C(=O)O)SC(C)=O)cc1. The number of carbonyl (C=O) groups excluding carboxylic acids is 3. The van der Waals surface area contributed by atoms with Gasteiger partial charge in [0.1, 0.15) is 11.8 Å². The van der Waals surface area contributed by atoms with E-state index < -0.39 is 23.2 Å². The Morgan fingerprint density at radius 1 is 1.21 bits per heavy atom. The third-order valence-electron chi connectivity index (χ3n) is 3.09. The molecule has 0 fully saturated rings.